The third kappa shape index (κ3) is 5.55. The van der Waals surface area contributed by atoms with Crippen molar-refractivity contribution in [2.24, 2.45) is 5.92 Å². The fourth-order valence-corrected chi connectivity index (χ4v) is 3.99. The Morgan fingerprint density at radius 3 is 2.56 bits per heavy atom. The minimum atomic E-state index is -0.489. The summed E-state index contributed by atoms with van der Waals surface area (Å²) >= 11 is 6.20. The van der Waals surface area contributed by atoms with Gasteiger partial charge in [0.25, 0.3) is 0 Å². The topological polar surface area (TPSA) is 107 Å². The molecule has 1 aliphatic rings. The van der Waals surface area contributed by atoms with E-state index in [1.165, 1.54) is 13.2 Å². The van der Waals surface area contributed by atoms with Crippen LogP contribution in [0.2, 0.25) is 5.02 Å². The van der Waals surface area contributed by atoms with E-state index in [1.807, 2.05) is 24.3 Å². The molecule has 1 aliphatic heterocycles. The molecule has 0 bridgehead atoms. The van der Waals surface area contributed by atoms with Crippen LogP contribution in [0.3, 0.4) is 0 Å². The minimum absolute atomic E-state index is 0.122. The maximum absolute atomic E-state index is 12.8. The number of esters is 1. The van der Waals surface area contributed by atoms with E-state index in [9.17, 15) is 9.59 Å². The van der Waals surface area contributed by atoms with Crippen molar-refractivity contribution in [1.29, 1.82) is 0 Å². The van der Waals surface area contributed by atoms with Crippen LogP contribution < -0.4 is 10.1 Å². The molecule has 1 saturated heterocycles. The van der Waals surface area contributed by atoms with Gasteiger partial charge in [0.15, 0.2) is 0 Å². The van der Waals surface area contributed by atoms with Crippen molar-refractivity contribution in [3.8, 4) is 17.1 Å². The molecular weight excluding hydrogens is 460 g/mol. The summed E-state index contributed by atoms with van der Waals surface area (Å²) in [6, 6.07) is 12.1. The van der Waals surface area contributed by atoms with Crippen LogP contribution in [0.25, 0.3) is 11.4 Å². The van der Waals surface area contributed by atoms with Gasteiger partial charge in [-0.15, -0.1) is 0 Å². The van der Waals surface area contributed by atoms with Crippen molar-refractivity contribution in [3.63, 3.8) is 0 Å². The number of ether oxygens (including phenoxy) is 2. The number of halogens is 1. The number of hydrogen-bond donors (Lipinski definition) is 1. The number of methoxy groups -OCH3 is 2. The van der Waals surface area contributed by atoms with E-state index >= 15 is 0 Å². The molecule has 9 nitrogen and oxygen atoms in total. The van der Waals surface area contributed by atoms with Gasteiger partial charge in [-0.25, -0.2) is 4.79 Å². The SMILES string of the molecule is COC(=O)c1ccc(Cl)c(NC(=O)C2CCN(Cc3nc(-c4ccc(OC)cc4)no3)CC2)c1. The van der Waals surface area contributed by atoms with E-state index in [4.69, 9.17) is 25.6 Å². The Bertz CT molecular complexity index is 1160. The molecule has 0 saturated carbocycles. The standard InChI is InChI=1S/C24H25ClN4O5/c1-32-18-6-3-15(4-7-18)22-27-21(34-28-22)14-29-11-9-16(10-12-29)23(30)26-20-13-17(24(31)33-2)5-8-19(20)25/h3-8,13,16H,9-12,14H2,1-2H3,(H,26,30). The van der Waals surface area contributed by atoms with Gasteiger partial charge in [-0.1, -0.05) is 16.8 Å². The number of nitrogens with one attached hydrogen (secondary N) is 1. The molecule has 0 aliphatic carbocycles. The first-order valence-corrected chi connectivity index (χ1v) is 11.2. The zero-order valence-electron chi connectivity index (χ0n) is 18.9. The smallest absolute Gasteiger partial charge is 0.337 e. The highest BCUT2D eigenvalue weighted by Gasteiger charge is 2.26. The first-order valence-electron chi connectivity index (χ1n) is 10.8. The number of piperidine rings is 1. The number of carbonyl (C=O) groups excluding carboxylic acids is 2. The van der Waals surface area contributed by atoms with Crippen molar-refractivity contribution >= 4 is 29.2 Å². The van der Waals surface area contributed by atoms with Gasteiger partial charge in [0, 0.05) is 11.5 Å². The van der Waals surface area contributed by atoms with Crippen LogP contribution in [-0.2, 0) is 16.1 Å². The zero-order chi connectivity index (χ0) is 24.1. The summed E-state index contributed by atoms with van der Waals surface area (Å²) in [5.41, 5.74) is 1.57. The Balaban J connectivity index is 1.30. The third-order valence-electron chi connectivity index (χ3n) is 5.78. The number of amides is 1. The number of hydrogen-bond acceptors (Lipinski definition) is 8. The summed E-state index contributed by atoms with van der Waals surface area (Å²) in [4.78, 5) is 31.2. The highest BCUT2D eigenvalue weighted by Crippen LogP contribution is 2.27. The van der Waals surface area contributed by atoms with Crippen LogP contribution in [0, 0.1) is 5.92 Å². The van der Waals surface area contributed by atoms with Gasteiger partial charge in [-0.2, -0.15) is 4.98 Å². The van der Waals surface area contributed by atoms with Crippen molar-refractivity contribution < 1.29 is 23.6 Å². The maximum Gasteiger partial charge on any atom is 0.337 e. The molecular formula is C24H25ClN4O5. The molecule has 178 valence electrons. The molecule has 0 unspecified atom stereocenters. The van der Waals surface area contributed by atoms with Crippen molar-refractivity contribution in [2.45, 2.75) is 19.4 Å². The number of likely N-dealkylation sites (tertiary alicyclic amines) is 1. The van der Waals surface area contributed by atoms with E-state index in [0.29, 0.717) is 60.5 Å². The summed E-state index contributed by atoms with van der Waals surface area (Å²) in [6.07, 6.45) is 1.36. The summed E-state index contributed by atoms with van der Waals surface area (Å²) in [5.74, 6) is 1.04. The molecule has 1 fully saturated rings. The van der Waals surface area contributed by atoms with Crippen LogP contribution in [0.15, 0.2) is 47.0 Å². The molecule has 3 aromatic rings. The van der Waals surface area contributed by atoms with Crippen LogP contribution in [0.1, 0.15) is 29.1 Å². The second kappa shape index (κ2) is 10.7. The lowest BCUT2D eigenvalue weighted by Gasteiger charge is -2.30. The summed E-state index contributed by atoms with van der Waals surface area (Å²) in [7, 11) is 2.92. The van der Waals surface area contributed by atoms with Crippen molar-refractivity contribution in [3.05, 3.63) is 58.9 Å². The normalized spacial score (nSPS) is 14.6. The maximum atomic E-state index is 12.8. The van der Waals surface area contributed by atoms with Gasteiger partial charge < -0.3 is 19.3 Å². The fourth-order valence-electron chi connectivity index (χ4n) is 3.82. The van der Waals surface area contributed by atoms with Crippen LogP contribution in [0.5, 0.6) is 5.75 Å². The number of benzene rings is 2. The second-order valence-corrected chi connectivity index (χ2v) is 8.37. The summed E-state index contributed by atoms with van der Waals surface area (Å²) in [5, 5.41) is 7.28. The van der Waals surface area contributed by atoms with Gasteiger partial charge in [0.2, 0.25) is 17.6 Å². The van der Waals surface area contributed by atoms with Crippen molar-refractivity contribution in [2.75, 3.05) is 32.6 Å². The van der Waals surface area contributed by atoms with E-state index < -0.39 is 5.97 Å². The lowest BCUT2D eigenvalue weighted by atomic mass is 9.95. The van der Waals surface area contributed by atoms with Gasteiger partial charge >= 0.3 is 5.97 Å². The van der Waals surface area contributed by atoms with Gasteiger partial charge in [-0.05, 0) is 68.4 Å². The average Bonchev–Trinajstić information content (AvgIpc) is 3.33. The number of carbonyl (C=O) groups is 2. The predicted octanol–water partition coefficient (Wildman–Crippen LogP) is 4.04. The van der Waals surface area contributed by atoms with Gasteiger partial charge in [0.1, 0.15) is 5.75 Å². The van der Waals surface area contributed by atoms with Crippen LogP contribution >= 0.6 is 11.6 Å². The van der Waals surface area contributed by atoms with Crippen LogP contribution in [0.4, 0.5) is 5.69 Å². The van der Waals surface area contributed by atoms with Gasteiger partial charge in [-0.3, -0.25) is 9.69 Å². The first kappa shape index (κ1) is 23.7. The predicted molar refractivity (Wildman–Crippen MR) is 126 cm³/mol. The lowest BCUT2D eigenvalue weighted by Crippen LogP contribution is -2.37. The van der Waals surface area contributed by atoms with Gasteiger partial charge in [0.05, 0.1) is 37.0 Å². The molecule has 1 amide bonds. The van der Waals surface area contributed by atoms with E-state index in [1.54, 1.807) is 19.2 Å². The Kier molecular flexibility index (Phi) is 7.44. The molecule has 10 heteroatoms. The highest BCUT2D eigenvalue weighted by atomic mass is 35.5. The molecule has 2 heterocycles. The average molecular weight is 485 g/mol. The lowest BCUT2D eigenvalue weighted by molar-refractivity contribution is -0.121. The molecule has 0 spiro atoms. The molecule has 2 aromatic carbocycles. The zero-order valence-corrected chi connectivity index (χ0v) is 19.7. The third-order valence-corrected chi connectivity index (χ3v) is 6.11. The fraction of sp³-hybridized carbons (Fsp3) is 0.333. The quantitative estimate of drug-likeness (QED) is 0.501. The minimum Gasteiger partial charge on any atom is -0.497 e. The number of aromatic nitrogens is 2. The Labute approximate surface area is 202 Å². The molecule has 0 atom stereocenters. The number of rotatable bonds is 7. The van der Waals surface area contributed by atoms with E-state index in [2.05, 4.69) is 20.4 Å². The van der Waals surface area contributed by atoms with E-state index in [-0.39, 0.29) is 11.8 Å². The Morgan fingerprint density at radius 1 is 1.15 bits per heavy atom. The first-order chi connectivity index (χ1) is 16.5. The Morgan fingerprint density at radius 2 is 1.88 bits per heavy atom. The monoisotopic (exact) mass is 484 g/mol. The molecule has 34 heavy (non-hydrogen) atoms. The summed E-state index contributed by atoms with van der Waals surface area (Å²) in [6.45, 7) is 1.95. The highest BCUT2D eigenvalue weighted by molar-refractivity contribution is 6.33. The van der Waals surface area contributed by atoms with Crippen LogP contribution in [-0.4, -0.2) is 54.2 Å². The molecule has 1 aromatic heterocycles. The molecule has 4 rings (SSSR count). The molecule has 0 radical (unpaired) electrons. The number of anilines is 1. The second-order valence-electron chi connectivity index (χ2n) is 7.97. The molecule has 1 N–H and O–H groups in total. The Hall–Kier alpha value is -3.43. The van der Waals surface area contributed by atoms with Crippen molar-refractivity contribution in [1.82, 2.24) is 15.0 Å². The number of nitrogens with zero attached hydrogens (tertiary/aromatic N) is 3. The largest absolute Gasteiger partial charge is 0.497 e. The summed E-state index contributed by atoms with van der Waals surface area (Å²) < 4.78 is 15.3. The van der Waals surface area contributed by atoms with E-state index in [0.717, 1.165) is 11.3 Å².